The van der Waals surface area contributed by atoms with Crippen LogP contribution in [0.5, 0.6) is 5.75 Å². The standard InChI is InChI=1S/C14H15FO4/c1-2-3-10-18-13(16)8-9-14(17)19-12-7-5-4-6-11(12)15/h2-7H,8-10H2,1H3/b3-2+. The molecule has 0 radical (unpaired) electrons. The van der Waals surface area contributed by atoms with Gasteiger partial charge in [0.05, 0.1) is 12.8 Å². The SMILES string of the molecule is C/C=C/COC(=O)CCC(=O)Oc1ccccc1F. The molecule has 0 aliphatic carbocycles. The first-order valence-corrected chi connectivity index (χ1v) is 5.85. The molecule has 0 aliphatic heterocycles. The number of rotatable bonds is 6. The lowest BCUT2D eigenvalue weighted by Crippen LogP contribution is -2.13. The molecule has 0 saturated heterocycles. The highest BCUT2D eigenvalue weighted by atomic mass is 19.1. The van der Waals surface area contributed by atoms with Crippen molar-refractivity contribution >= 4 is 11.9 Å². The van der Waals surface area contributed by atoms with E-state index < -0.39 is 17.8 Å². The minimum Gasteiger partial charge on any atom is -0.461 e. The van der Waals surface area contributed by atoms with Gasteiger partial charge in [0.15, 0.2) is 11.6 Å². The molecule has 0 spiro atoms. The molecule has 102 valence electrons. The number of carbonyl (C=O) groups excluding carboxylic acids is 2. The summed E-state index contributed by atoms with van der Waals surface area (Å²) in [5, 5.41) is 0. The largest absolute Gasteiger partial charge is 0.461 e. The fourth-order valence-corrected chi connectivity index (χ4v) is 1.21. The number of halogens is 1. The second kappa shape index (κ2) is 8.02. The van der Waals surface area contributed by atoms with E-state index in [4.69, 9.17) is 9.47 Å². The highest BCUT2D eigenvalue weighted by Crippen LogP contribution is 2.16. The first-order chi connectivity index (χ1) is 9.13. The van der Waals surface area contributed by atoms with Gasteiger partial charge in [-0.2, -0.15) is 0 Å². The molecule has 0 heterocycles. The van der Waals surface area contributed by atoms with Crippen molar-refractivity contribution in [1.82, 2.24) is 0 Å². The van der Waals surface area contributed by atoms with Crippen molar-refractivity contribution in [2.75, 3.05) is 6.61 Å². The second-order valence-corrected chi connectivity index (χ2v) is 3.66. The third-order valence-electron chi connectivity index (χ3n) is 2.17. The quantitative estimate of drug-likeness (QED) is 0.451. The number of hydrogen-bond donors (Lipinski definition) is 0. The Morgan fingerprint density at radius 1 is 1.21 bits per heavy atom. The predicted octanol–water partition coefficient (Wildman–Crippen LogP) is 2.63. The lowest BCUT2D eigenvalue weighted by molar-refractivity contribution is -0.146. The molecule has 1 aromatic carbocycles. The Kier molecular flexibility index (Phi) is 6.29. The van der Waals surface area contributed by atoms with Crippen molar-refractivity contribution in [2.24, 2.45) is 0 Å². The molecular weight excluding hydrogens is 251 g/mol. The highest BCUT2D eigenvalue weighted by Gasteiger charge is 2.11. The minimum absolute atomic E-state index is 0.0924. The molecule has 0 saturated carbocycles. The van der Waals surface area contributed by atoms with Crippen LogP contribution in [-0.4, -0.2) is 18.5 Å². The van der Waals surface area contributed by atoms with Crippen LogP contribution in [-0.2, 0) is 14.3 Å². The number of carbonyl (C=O) groups is 2. The normalized spacial score (nSPS) is 10.4. The third-order valence-corrected chi connectivity index (χ3v) is 2.17. The molecule has 0 aromatic heterocycles. The molecule has 0 N–H and O–H groups in total. The maximum absolute atomic E-state index is 13.2. The smallest absolute Gasteiger partial charge is 0.311 e. The van der Waals surface area contributed by atoms with Crippen LogP contribution in [0, 0.1) is 5.82 Å². The van der Waals surface area contributed by atoms with Crippen LogP contribution in [0.1, 0.15) is 19.8 Å². The van der Waals surface area contributed by atoms with E-state index >= 15 is 0 Å². The number of hydrogen-bond acceptors (Lipinski definition) is 4. The predicted molar refractivity (Wildman–Crippen MR) is 67.0 cm³/mol. The Bertz CT molecular complexity index is 468. The molecular formula is C14H15FO4. The Morgan fingerprint density at radius 3 is 2.58 bits per heavy atom. The summed E-state index contributed by atoms with van der Waals surface area (Å²) in [7, 11) is 0. The van der Waals surface area contributed by atoms with Crippen molar-refractivity contribution in [3.63, 3.8) is 0 Å². The molecule has 0 amide bonds. The lowest BCUT2D eigenvalue weighted by atomic mass is 10.3. The van der Waals surface area contributed by atoms with Crippen LogP contribution < -0.4 is 4.74 Å². The zero-order valence-electron chi connectivity index (χ0n) is 10.6. The van der Waals surface area contributed by atoms with Crippen molar-refractivity contribution in [3.8, 4) is 5.75 Å². The highest BCUT2D eigenvalue weighted by molar-refractivity contribution is 5.79. The van der Waals surface area contributed by atoms with Crippen molar-refractivity contribution in [2.45, 2.75) is 19.8 Å². The van der Waals surface area contributed by atoms with Gasteiger partial charge in [0.1, 0.15) is 6.61 Å². The summed E-state index contributed by atoms with van der Waals surface area (Å²) in [4.78, 5) is 22.6. The van der Waals surface area contributed by atoms with Crippen molar-refractivity contribution in [1.29, 1.82) is 0 Å². The average Bonchev–Trinajstić information content (AvgIpc) is 2.39. The van der Waals surface area contributed by atoms with Crippen LogP contribution >= 0.6 is 0 Å². The minimum atomic E-state index is -0.673. The summed E-state index contributed by atoms with van der Waals surface area (Å²) in [6, 6.07) is 5.58. The van der Waals surface area contributed by atoms with E-state index in [1.165, 1.54) is 18.2 Å². The summed E-state index contributed by atoms with van der Waals surface area (Å²) in [6.45, 7) is 1.98. The summed E-state index contributed by atoms with van der Waals surface area (Å²) in [6.07, 6.45) is 3.18. The molecule has 5 heteroatoms. The van der Waals surface area contributed by atoms with Crippen LogP contribution in [0.3, 0.4) is 0 Å². The van der Waals surface area contributed by atoms with E-state index in [-0.39, 0.29) is 25.2 Å². The van der Waals surface area contributed by atoms with Gasteiger partial charge in [-0.1, -0.05) is 24.3 Å². The maximum Gasteiger partial charge on any atom is 0.311 e. The van der Waals surface area contributed by atoms with Crippen molar-refractivity contribution < 1.29 is 23.5 Å². The number of ether oxygens (including phenoxy) is 2. The van der Waals surface area contributed by atoms with Gasteiger partial charge < -0.3 is 9.47 Å². The average molecular weight is 266 g/mol. The number of esters is 2. The fourth-order valence-electron chi connectivity index (χ4n) is 1.21. The summed E-state index contributed by atoms with van der Waals surface area (Å²) in [5.74, 6) is -1.93. The van der Waals surface area contributed by atoms with Gasteiger partial charge in [-0.25, -0.2) is 4.39 Å². The van der Waals surface area contributed by atoms with Crippen molar-refractivity contribution in [3.05, 3.63) is 42.2 Å². The van der Waals surface area contributed by atoms with Gasteiger partial charge in [-0.3, -0.25) is 9.59 Å². The molecule has 1 rings (SSSR count). The Morgan fingerprint density at radius 2 is 1.89 bits per heavy atom. The van der Waals surface area contributed by atoms with Gasteiger partial charge in [-0.15, -0.1) is 0 Å². The first-order valence-electron chi connectivity index (χ1n) is 5.85. The summed E-state index contributed by atoms with van der Waals surface area (Å²) < 4.78 is 22.8. The van der Waals surface area contributed by atoms with E-state index in [1.54, 1.807) is 25.1 Å². The van der Waals surface area contributed by atoms with E-state index in [0.717, 1.165) is 0 Å². The molecule has 0 unspecified atom stereocenters. The lowest BCUT2D eigenvalue weighted by Gasteiger charge is -2.05. The zero-order chi connectivity index (χ0) is 14.1. The summed E-state index contributed by atoms with van der Waals surface area (Å²) in [5.41, 5.74) is 0. The molecule has 0 atom stereocenters. The summed E-state index contributed by atoms with van der Waals surface area (Å²) >= 11 is 0. The van der Waals surface area contributed by atoms with Gasteiger partial charge in [0, 0.05) is 0 Å². The van der Waals surface area contributed by atoms with Crippen LogP contribution in [0.25, 0.3) is 0 Å². The van der Waals surface area contributed by atoms with Gasteiger partial charge in [0.25, 0.3) is 0 Å². The Hall–Kier alpha value is -2.17. The van der Waals surface area contributed by atoms with E-state index in [9.17, 15) is 14.0 Å². The number of benzene rings is 1. The van der Waals surface area contributed by atoms with E-state index in [0.29, 0.717) is 0 Å². The number of para-hydroxylation sites is 1. The van der Waals surface area contributed by atoms with Crippen LogP contribution in [0.2, 0.25) is 0 Å². The Labute approximate surface area is 110 Å². The Balaban J connectivity index is 2.32. The first kappa shape index (κ1) is 14.9. The molecule has 4 nitrogen and oxygen atoms in total. The molecule has 0 aliphatic rings. The molecule has 1 aromatic rings. The van der Waals surface area contributed by atoms with Crippen LogP contribution in [0.4, 0.5) is 4.39 Å². The molecule has 19 heavy (non-hydrogen) atoms. The van der Waals surface area contributed by atoms with E-state index in [2.05, 4.69) is 0 Å². The molecule has 0 bridgehead atoms. The second-order valence-electron chi connectivity index (χ2n) is 3.66. The third kappa shape index (κ3) is 5.81. The monoisotopic (exact) mass is 266 g/mol. The zero-order valence-corrected chi connectivity index (χ0v) is 10.6. The van der Waals surface area contributed by atoms with Gasteiger partial charge >= 0.3 is 11.9 Å². The fraction of sp³-hybridized carbons (Fsp3) is 0.286. The number of allylic oxidation sites excluding steroid dienone is 1. The topological polar surface area (TPSA) is 52.6 Å². The van der Waals surface area contributed by atoms with Crippen LogP contribution in [0.15, 0.2) is 36.4 Å². The maximum atomic E-state index is 13.2. The molecule has 0 fully saturated rings. The van der Waals surface area contributed by atoms with E-state index in [1.807, 2.05) is 0 Å². The van der Waals surface area contributed by atoms with Gasteiger partial charge in [0.2, 0.25) is 0 Å². The van der Waals surface area contributed by atoms with Gasteiger partial charge in [-0.05, 0) is 19.1 Å².